The van der Waals surface area contributed by atoms with Gasteiger partial charge in [0.2, 0.25) is 5.91 Å². The smallest absolute Gasteiger partial charge is 0.258 e. The first-order chi connectivity index (χ1) is 10.1. The minimum Gasteiger partial charge on any atom is -0.497 e. The number of carbonyl (C=O) groups is 2. The maximum absolute atomic E-state index is 12.7. The van der Waals surface area contributed by atoms with E-state index >= 15 is 0 Å². The number of methoxy groups -OCH3 is 2. The van der Waals surface area contributed by atoms with Gasteiger partial charge >= 0.3 is 0 Å². The number of nitrogens with one attached hydrogen (secondary N) is 1. The normalized spacial score (nSPS) is 18.2. The van der Waals surface area contributed by atoms with Crippen molar-refractivity contribution in [1.82, 2.24) is 10.2 Å². The van der Waals surface area contributed by atoms with Crippen molar-refractivity contribution in [1.29, 1.82) is 0 Å². The highest BCUT2D eigenvalue weighted by molar-refractivity contribution is 5.99. The van der Waals surface area contributed by atoms with E-state index in [1.54, 1.807) is 18.2 Å². The van der Waals surface area contributed by atoms with Gasteiger partial charge in [-0.2, -0.15) is 0 Å². The molecule has 0 spiro atoms. The van der Waals surface area contributed by atoms with E-state index in [1.165, 1.54) is 19.1 Å². The molecule has 3 N–H and O–H groups in total. The van der Waals surface area contributed by atoms with Crippen LogP contribution in [0.25, 0.3) is 0 Å². The Labute approximate surface area is 123 Å². The van der Waals surface area contributed by atoms with Gasteiger partial charge in [0.25, 0.3) is 5.91 Å². The zero-order valence-corrected chi connectivity index (χ0v) is 12.1. The van der Waals surface area contributed by atoms with E-state index < -0.39 is 11.9 Å². The summed E-state index contributed by atoms with van der Waals surface area (Å²) in [6, 6.07) is 4.28. The molecule has 1 aromatic rings. The molecule has 1 aromatic carbocycles. The number of ether oxygens (including phenoxy) is 2. The van der Waals surface area contributed by atoms with Crippen molar-refractivity contribution in [3.8, 4) is 11.5 Å². The molecule has 1 heterocycles. The molecule has 0 aliphatic carbocycles. The van der Waals surface area contributed by atoms with Gasteiger partial charge in [-0.3, -0.25) is 9.59 Å². The summed E-state index contributed by atoms with van der Waals surface area (Å²) < 4.78 is 10.3. The fraction of sp³-hybridized carbons (Fsp3) is 0.429. The first-order valence-corrected chi connectivity index (χ1v) is 6.61. The van der Waals surface area contributed by atoms with Crippen LogP contribution in [0, 0.1) is 0 Å². The van der Waals surface area contributed by atoms with Crippen molar-refractivity contribution in [2.45, 2.75) is 6.04 Å². The number of piperazine rings is 1. The monoisotopic (exact) mass is 293 g/mol. The third-order valence-electron chi connectivity index (χ3n) is 3.47. The highest BCUT2D eigenvalue weighted by atomic mass is 16.5. The van der Waals surface area contributed by atoms with Crippen LogP contribution in [0.1, 0.15) is 10.4 Å². The topological polar surface area (TPSA) is 93.9 Å². The standard InChI is InChI=1S/C14H19N3O4/c1-20-9-3-4-10(12(7-9)21-2)14(19)17-6-5-16-8-11(17)13(15)18/h3-4,7,11,16H,5-6,8H2,1-2H3,(H2,15,18). The van der Waals surface area contributed by atoms with Crippen LogP contribution in [0.2, 0.25) is 0 Å². The molecule has 0 radical (unpaired) electrons. The molecule has 1 aliphatic rings. The second-order valence-electron chi connectivity index (χ2n) is 4.69. The fourth-order valence-corrected chi connectivity index (χ4v) is 2.33. The molecule has 0 saturated carbocycles. The highest BCUT2D eigenvalue weighted by Gasteiger charge is 2.32. The van der Waals surface area contributed by atoms with E-state index in [2.05, 4.69) is 5.32 Å². The molecule has 7 nitrogen and oxygen atoms in total. The van der Waals surface area contributed by atoms with Crippen molar-refractivity contribution in [2.24, 2.45) is 5.73 Å². The number of primary amides is 1. The highest BCUT2D eigenvalue weighted by Crippen LogP contribution is 2.26. The van der Waals surface area contributed by atoms with Crippen molar-refractivity contribution in [3.05, 3.63) is 23.8 Å². The molecule has 21 heavy (non-hydrogen) atoms. The average molecular weight is 293 g/mol. The van der Waals surface area contributed by atoms with Crippen LogP contribution >= 0.6 is 0 Å². The van der Waals surface area contributed by atoms with E-state index in [4.69, 9.17) is 15.2 Å². The van der Waals surface area contributed by atoms with E-state index in [1.807, 2.05) is 0 Å². The Balaban J connectivity index is 2.31. The lowest BCUT2D eigenvalue weighted by atomic mass is 10.1. The SMILES string of the molecule is COc1ccc(C(=O)N2CCNCC2C(N)=O)c(OC)c1. The summed E-state index contributed by atoms with van der Waals surface area (Å²) >= 11 is 0. The van der Waals surface area contributed by atoms with E-state index in [0.29, 0.717) is 36.7 Å². The van der Waals surface area contributed by atoms with Gasteiger partial charge in [-0.25, -0.2) is 0 Å². The Hall–Kier alpha value is -2.28. The molecule has 1 aliphatic heterocycles. The third-order valence-corrected chi connectivity index (χ3v) is 3.47. The van der Waals surface area contributed by atoms with Crippen LogP contribution in [0.15, 0.2) is 18.2 Å². The van der Waals surface area contributed by atoms with Crippen molar-refractivity contribution >= 4 is 11.8 Å². The summed E-state index contributed by atoms with van der Waals surface area (Å²) in [5.74, 6) is 0.194. The summed E-state index contributed by atoms with van der Waals surface area (Å²) in [5.41, 5.74) is 5.75. The van der Waals surface area contributed by atoms with Gasteiger partial charge in [-0.1, -0.05) is 0 Å². The number of nitrogens with zero attached hydrogens (tertiary/aromatic N) is 1. The number of hydrogen-bond donors (Lipinski definition) is 2. The molecular weight excluding hydrogens is 274 g/mol. The Kier molecular flexibility index (Phi) is 4.64. The first-order valence-electron chi connectivity index (χ1n) is 6.61. The van der Waals surface area contributed by atoms with Gasteiger partial charge in [-0.05, 0) is 12.1 Å². The lowest BCUT2D eigenvalue weighted by molar-refractivity contribution is -0.122. The van der Waals surface area contributed by atoms with Crippen LogP contribution in [-0.4, -0.2) is 56.6 Å². The van der Waals surface area contributed by atoms with Crippen LogP contribution in [0.5, 0.6) is 11.5 Å². The molecule has 2 amide bonds. The van der Waals surface area contributed by atoms with Crippen LogP contribution < -0.4 is 20.5 Å². The Morgan fingerprint density at radius 1 is 1.33 bits per heavy atom. The zero-order valence-electron chi connectivity index (χ0n) is 12.1. The Morgan fingerprint density at radius 2 is 2.10 bits per heavy atom. The number of rotatable bonds is 4. The molecule has 1 atom stereocenters. The van der Waals surface area contributed by atoms with Crippen LogP contribution in [0.3, 0.4) is 0 Å². The van der Waals surface area contributed by atoms with Crippen LogP contribution in [-0.2, 0) is 4.79 Å². The number of amides is 2. The van der Waals surface area contributed by atoms with Crippen molar-refractivity contribution < 1.29 is 19.1 Å². The molecule has 7 heteroatoms. The number of carbonyl (C=O) groups excluding carboxylic acids is 2. The predicted octanol–water partition coefficient (Wildman–Crippen LogP) is -0.397. The van der Waals surface area contributed by atoms with Crippen LogP contribution in [0.4, 0.5) is 0 Å². The summed E-state index contributed by atoms with van der Waals surface area (Å²) in [5, 5.41) is 3.05. The quantitative estimate of drug-likeness (QED) is 0.788. The largest absolute Gasteiger partial charge is 0.497 e. The van der Waals surface area contributed by atoms with E-state index in [9.17, 15) is 9.59 Å². The second kappa shape index (κ2) is 6.45. The third kappa shape index (κ3) is 3.08. The van der Waals surface area contributed by atoms with Crippen molar-refractivity contribution in [2.75, 3.05) is 33.9 Å². The van der Waals surface area contributed by atoms with E-state index in [-0.39, 0.29) is 5.91 Å². The summed E-state index contributed by atoms with van der Waals surface area (Å²) in [6.07, 6.45) is 0. The Bertz CT molecular complexity index is 547. The van der Waals surface area contributed by atoms with Gasteiger partial charge in [0.15, 0.2) is 0 Å². The zero-order chi connectivity index (χ0) is 15.4. The molecular formula is C14H19N3O4. The van der Waals surface area contributed by atoms with Gasteiger partial charge in [0.1, 0.15) is 17.5 Å². The lowest BCUT2D eigenvalue weighted by Gasteiger charge is -2.34. The minimum atomic E-state index is -0.655. The van der Waals surface area contributed by atoms with Gasteiger partial charge < -0.3 is 25.4 Å². The number of benzene rings is 1. The predicted molar refractivity (Wildman–Crippen MR) is 76.4 cm³/mol. The average Bonchev–Trinajstić information content (AvgIpc) is 2.53. The van der Waals surface area contributed by atoms with Gasteiger partial charge in [-0.15, -0.1) is 0 Å². The molecule has 1 fully saturated rings. The summed E-state index contributed by atoms with van der Waals surface area (Å²) in [4.78, 5) is 25.6. The number of hydrogen-bond acceptors (Lipinski definition) is 5. The molecule has 2 rings (SSSR count). The minimum absolute atomic E-state index is 0.278. The second-order valence-corrected chi connectivity index (χ2v) is 4.69. The Morgan fingerprint density at radius 3 is 2.71 bits per heavy atom. The molecule has 0 aromatic heterocycles. The van der Waals surface area contributed by atoms with Crippen molar-refractivity contribution in [3.63, 3.8) is 0 Å². The first kappa shape index (κ1) is 15.1. The molecule has 1 saturated heterocycles. The summed E-state index contributed by atoms with van der Waals surface area (Å²) in [6.45, 7) is 1.40. The van der Waals surface area contributed by atoms with Gasteiger partial charge in [0.05, 0.1) is 19.8 Å². The maximum Gasteiger partial charge on any atom is 0.258 e. The summed E-state index contributed by atoms with van der Waals surface area (Å²) in [7, 11) is 3.02. The molecule has 114 valence electrons. The van der Waals surface area contributed by atoms with E-state index in [0.717, 1.165) is 0 Å². The maximum atomic E-state index is 12.7. The van der Waals surface area contributed by atoms with Gasteiger partial charge in [0, 0.05) is 25.7 Å². The molecule has 1 unspecified atom stereocenters. The molecule has 0 bridgehead atoms. The number of nitrogens with two attached hydrogens (primary N) is 1. The fourth-order valence-electron chi connectivity index (χ4n) is 2.33. The lowest BCUT2D eigenvalue weighted by Crippen LogP contribution is -2.58.